The summed E-state index contributed by atoms with van der Waals surface area (Å²) in [6.45, 7) is 7.34. The van der Waals surface area contributed by atoms with Crippen molar-refractivity contribution in [2.24, 2.45) is 10.2 Å². The molecule has 6 nitrogen and oxygen atoms in total. The number of rotatable bonds is 4. The third-order valence-corrected chi connectivity index (χ3v) is 6.89. The maximum Gasteiger partial charge on any atom is 0.226 e. The molecule has 1 aromatic carbocycles. The summed E-state index contributed by atoms with van der Waals surface area (Å²) in [5, 5.41) is 8.23. The number of sulfone groups is 1. The molecule has 2 heterocycles. The quantitative estimate of drug-likeness (QED) is 0.800. The lowest BCUT2D eigenvalue weighted by atomic mass is 10.0. The summed E-state index contributed by atoms with van der Waals surface area (Å²) < 4.78 is 26.0. The van der Waals surface area contributed by atoms with E-state index in [1.165, 1.54) is 6.42 Å². The van der Waals surface area contributed by atoms with Crippen molar-refractivity contribution in [1.29, 1.82) is 0 Å². The van der Waals surface area contributed by atoms with Crippen LogP contribution in [-0.2, 0) is 9.84 Å². The van der Waals surface area contributed by atoms with E-state index < -0.39 is 9.84 Å². The first-order valence-electron chi connectivity index (χ1n) is 9.44. The summed E-state index contributed by atoms with van der Waals surface area (Å²) in [6.07, 6.45) is 5.87. The first kappa shape index (κ1) is 18.1. The number of hydrogen-bond donors (Lipinski definition) is 0. The molecule has 0 atom stereocenters. The van der Waals surface area contributed by atoms with Gasteiger partial charge in [0.1, 0.15) is 0 Å². The molecule has 3 aliphatic rings. The standard InChI is InChI=1S/C20H24N4O2S/c1-2-10-23-11-13-24(14-12-23)16-8-9-19-18(15-16)20(22-21-19)27(25,26)17-6-4-3-5-7-17/h3-8,15H,2,9-14H2,1H3. The second kappa shape index (κ2) is 7.40. The largest absolute Gasteiger partial charge is 0.369 e. The van der Waals surface area contributed by atoms with E-state index in [-0.39, 0.29) is 9.94 Å². The zero-order valence-electron chi connectivity index (χ0n) is 15.5. The van der Waals surface area contributed by atoms with Crippen molar-refractivity contribution in [3.05, 3.63) is 53.8 Å². The van der Waals surface area contributed by atoms with E-state index in [9.17, 15) is 8.42 Å². The van der Waals surface area contributed by atoms with Crippen LogP contribution < -0.4 is 0 Å². The lowest BCUT2D eigenvalue weighted by molar-refractivity contribution is 0.162. The van der Waals surface area contributed by atoms with Crippen LogP contribution in [0, 0.1) is 0 Å². The highest BCUT2D eigenvalue weighted by molar-refractivity contribution is 8.07. The van der Waals surface area contributed by atoms with Crippen LogP contribution in [0.25, 0.3) is 0 Å². The Bertz CT molecular complexity index is 937. The van der Waals surface area contributed by atoms with Crippen LogP contribution >= 0.6 is 0 Å². The third kappa shape index (κ3) is 3.49. The van der Waals surface area contributed by atoms with Gasteiger partial charge in [-0.05, 0) is 31.2 Å². The topological polar surface area (TPSA) is 65.3 Å². The van der Waals surface area contributed by atoms with Gasteiger partial charge in [-0.2, -0.15) is 5.10 Å². The second-order valence-corrected chi connectivity index (χ2v) is 8.85. The van der Waals surface area contributed by atoms with Crippen molar-refractivity contribution < 1.29 is 8.42 Å². The predicted octanol–water partition coefficient (Wildman–Crippen LogP) is 2.47. The molecular formula is C20H24N4O2S. The molecule has 1 saturated heterocycles. The smallest absolute Gasteiger partial charge is 0.226 e. The Kier molecular flexibility index (Phi) is 4.97. The molecule has 0 spiro atoms. The number of fused-ring (bicyclic) bond motifs is 1. The third-order valence-electron chi connectivity index (χ3n) is 5.18. The number of nitrogens with zero attached hydrogens (tertiary/aromatic N) is 4. The fourth-order valence-corrected chi connectivity index (χ4v) is 5.07. The van der Waals surface area contributed by atoms with Gasteiger partial charge in [0.2, 0.25) is 9.84 Å². The Balaban J connectivity index is 1.56. The van der Waals surface area contributed by atoms with Crippen LogP contribution in [0.2, 0.25) is 0 Å². The lowest BCUT2D eigenvalue weighted by Gasteiger charge is -2.37. The van der Waals surface area contributed by atoms with Gasteiger partial charge in [0.25, 0.3) is 0 Å². The molecule has 4 rings (SSSR count). The second-order valence-electron chi connectivity index (χ2n) is 6.99. The highest BCUT2D eigenvalue weighted by atomic mass is 32.2. The molecule has 7 heteroatoms. The molecule has 1 fully saturated rings. The highest BCUT2D eigenvalue weighted by Gasteiger charge is 2.34. The minimum Gasteiger partial charge on any atom is -0.369 e. The van der Waals surface area contributed by atoms with Gasteiger partial charge in [-0.25, -0.2) is 8.42 Å². The molecule has 0 bridgehead atoms. The van der Waals surface area contributed by atoms with E-state index in [0.29, 0.717) is 12.0 Å². The minimum atomic E-state index is -3.67. The van der Waals surface area contributed by atoms with Crippen molar-refractivity contribution in [2.75, 3.05) is 32.7 Å². The molecule has 2 aliphatic heterocycles. The van der Waals surface area contributed by atoms with Crippen molar-refractivity contribution in [2.45, 2.75) is 24.7 Å². The van der Waals surface area contributed by atoms with E-state index in [0.717, 1.165) is 44.1 Å². The van der Waals surface area contributed by atoms with Crippen molar-refractivity contribution in [3.8, 4) is 0 Å². The molecule has 27 heavy (non-hydrogen) atoms. The summed E-state index contributed by atoms with van der Waals surface area (Å²) >= 11 is 0. The van der Waals surface area contributed by atoms with E-state index in [1.807, 2.05) is 6.08 Å². The number of allylic oxidation sites excluding steroid dienone is 2. The lowest BCUT2D eigenvalue weighted by Crippen LogP contribution is -2.46. The Morgan fingerprint density at radius 3 is 2.48 bits per heavy atom. The molecule has 0 saturated carbocycles. The van der Waals surface area contributed by atoms with Gasteiger partial charge in [-0.3, -0.25) is 4.90 Å². The van der Waals surface area contributed by atoms with E-state index in [2.05, 4.69) is 33.0 Å². The monoisotopic (exact) mass is 384 g/mol. The van der Waals surface area contributed by atoms with Crippen LogP contribution in [-0.4, -0.2) is 61.7 Å². The molecule has 0 amide bonds. The van der Waals surface area contributed by atoms with Crippen LogP contribution in [0.4, 0.5) is 0 Å². The fraction of sp³-hybridized carbons (Fsp3) is 0.400. The average Bonchev–Trinajstić information content (AvgIpc) is 3.13. The van der Waals surface area contributed by atoms with Crippen LogP contribution in [0.3, 0.4) is 0 Å². The molecule has 142 valence electrons. The molecule has 0 unspecified atom stereocenters. The maximum absolute atomic E-state index is 13.0. The van der Waals surface area contributed by atoms with Crippen LogP contribution in [0.5, 0.6) is 0 Å². The summed E-state index contributed by atoms with van der Waals surface area (Å²) in [5.41, 5.74) is 2.46. The van der Waals surface area contributed by atoms with E-state index in [1.54, 1.807) is 30.3 Å². The van der Waals surface area contributed by atoms with Gasteiger partial charge < -0.3 is 4.90 Å². The van der Waals surface area contributed by atoms with Crippen molar-refractivity contribution >= 4 is 20.6 Å². The summed E-state index contributed by atoms with van der Waals surface area (Å²) in [4.78, 5) is 5.06. The van der Waals surface area contributed by atoms with Crippen LogP contribution in [0.15, 0.2) is 68.9 Å². The maximum atomic E-state index is 13.0. The fourth-order valence-electron chi connectivity index (χ4n) is 3.72. The zero-order valence-corrected chi connectivity index (χ0v) is 16.3. The van der Waals surface area contributed by atoms with Gasteiger partial charge in [0, 0.05) is 43.9 Å². The average molecular weight is 385 g/mol. The zero-order chi connectivity index (χ0) is 18.9. The molecule has 0 radical (unpaired) electrons. The molecule has 1 aliphatic carbocycles. The SMILES string of the molecule is CCCN1CCN(C2=CCC3=NN=C(S(=O)(=O)c4ccccc4)C3=C2)CC1. The van der Waals surface area contributed by atoms with Gasteiger partial charge >= 0.3 is 0 Å². The normalized spacial score (nSPS) is 20.6. The Morgan fingerprint density at radius 2 is 1.78 bits per heavy atom. The minimum absolute atomic E-state index is 0.0684. The highest BCUT2D eigenvalue weighted by Crippen LogP contribution is 2.28. The number of benzene rings is 1. The summed E-state index contributed by atoms with van der Waals surface area (Å²) in [6, 6.07) is 8.45. The Morgan fingerprint density at radius 1 is 1.04 bits per heavy atom. The summed E-state index contributed by atoms with van der Waals surface area (Å²) in [5.74, 6) is 0. The first-order valence-corrected chi connectivity index (χ1v) is 10.9. The Hall–Kier alpha value is -2.25. The van der Waals surface area contributed by atoms with E-state index in [4.69, 9.17) is 0 Å². The summed E-state index contributed by atoms with van der Waals surface area (Å²) in [7, 11) is -3.67. The Labute approximate surface area is 160 Å². The van der Waals surface area contributed by atoms with Crippen molar-refractivity contribution in [1.82, 2.24) is 9.80 Å². The molecular weight excluding hydrogens is 360 g/mol. The first-order chi connectivity index (χ1) is 13.1. The van der Waals surface area contributed by atoms with Gasteiger partial charge in [-0.15, -0.1) is 5.10 Å². The van der Waals surface area contributed by atoms with E-state index >= 15 is 0 Å². The van der Waals surface area contributed by atoms with Gasteiger partial charge in [0.05, 0.1) is 10.6 Å². The van der Waals surface area contributed by atoms with Gasteiger partial charge in [0.15, 0.2) is 5.04 Å². The van der Waals surface area contributed by atoms with Gasteiger partial charge in [-0.1, -0.05) is 31.2 Å². The molecule has 0 aromatic heterocycles. The van der Waals surface area contributed by atoms with Crippen molar-refractivity contribution in [3.63, 3.8) is 0 Å². The van der Waals surface area contributed by atoms with Crippen LogP contribution in [0.1, 0.15) is 19.8 Å². The molecule has 0 N–H and O–H groups in total. The molecule has 1 aromatic rings. The number of hydrogen-bond acceptors (Lipinski definition) is 6. The predicted molar refractivity (Wildman–Crippen MR) is 108 cm³/mol. The number of piperazine rings is 1.